The Morgan fingerprint density at radius 2 is 1.87 bits per heavy atom. The van der Waals surface area contributed by atoms with Gasteiger partial charge in [-0.2, -0.15) is 0 Å². The van der Waals surface area contributed by atoms with Gasteiger partial charge < -0.3 is 26.4 Å². The van der Waals surface area contributed by atoms with Crippen LogP contribution in [0.15, 0.2) is 48.5 Å². The highest BCUT2D eigenvalue weighted by atomic mass is 16.4. The van der Waals surface area contributed by atoms with Crippen molar-refractivity contribution < 1.29 is 14.7 Å². The Hall–Kier alpha value is -3.10. The van der Waals surface area contributed by atoms with E-state index < -0.39 is 6.09 Å². The molecule has 0 aliphatic carbocycles. The fourth-order valence-corrected chi connectivity index (χ4v) is 3.68. The molecule has 2 atom stereocenters. The van der Waals surface area contributed by atoms with Crippen molar-refractivity contribution >= 4 is 29.1 Å². The Morgan fingerprint density at radius 3 is 2.50 bits per heavy atom. The molecule has 3 rings (SSSR count). The molecule has 0 aromatic heterocycles. The summed E-state index contributed by atoms with van der Waals surface area (Å²) in [5.41, 5.74) is 7.88. The van der Waals surface area contributed by atoms with Gasteiger partial charge in [-0.05, 0) is 69.9 Å². The quantitative estimate of drug-likeness (QED) is 0.522. The normalized spacial score (nSPS) is 18.4. The Morgan fingerprint density at radius 1 is 1.17 bits per heavy atom. The monoisotopic (exact) mass is 411 g/mol. The van der Waals surface area contributed by atoms with Crippen LogP contribution in [0.1, 0.15) is 23.2 Å². The molecule has 1 heterocycles. The van der Waals surface area contributed by atoms with Gasteiger partial charge >= 0.3 is 6.09 Å². The number of carboxylic acid groups (broad SMARTS) is 1. The van der Waals surface area contributed by atoms with Gasteiger partial charge in [0.25, 0.3) is 5.91 Å². The van der Waals surface area contributed by atoms with E-state index in [9.17, 15) is 14.7 Å². The van der Waals surface area contributed by atoms with E-state index in [4.69, 9.17) is 5.73 Å². The van der Waals surface area contributed by atoms with E-state index in [2.05, 4.69) is 15.5 Å². The predicted molar refractivity (Wildman–Crippen MR) is 119 cm³/mol. The first kappa shape index (κ1) is 21.6. The third-order valence-corrected chi connectivity index (χ3v) is 5.31. The van der Waals surface area contributed by atoms with Crippen LogP contribution in [0.25, 0.3) is 0 Å². The fraction of sp³-hybridized carbons (Fsp3) is 0.364. The average molecular weight is 412 g/mol. The zero-order chi connectivity index (χ0) is 21.7. The summed E-state index contributed by atoms with van der Waals surface area (Å²) in [5.74, 6) is -0.299. The summed E-state index contributed by atoms with van der Waals surface area (Å²) in [5, 5.41) is 16.0. The number of rotatable bonds is 7. The van der Waals surface area contributed by atoms with Crippen LogP contribution in [-0.2, 0) is 0 Å². The third-order valence-electron chi connectivity index (χ3n) is 5.31. The molecule has 1 aliphatic heterocycles. The molecule has 1 saturated heterocycles. The Bertz CT molecular complexity index is 885. The number of hydrogen-bond acceptors (Lipinski definition) is 5. The lowest BCUT2D eigenvalue weighted by molar-refractivity contribution is 0.102. The minimum absolute atomic E-state index is 0.140. The maximum atomic E-state index is 12.5. The van der Waals surface area contributed by atoms with Crippen molar-refractivity contribution in [2.24, 2.45) is 0 Å². The molecule has 160 valence electrons. The van der Waals surface area contributed by atoms with Gasteiger partial charge in [-0.25, -0.2) is 4.79 Å². The number of carbonyl (C=O) groups excluding carboxylic acids is 1. The number of nitrogens with one attached hydrogen (secondary N) is 2. The summed E-state index contributed by atoms with van der Waals surface area (Å²) in [6.45, 7) is 1.56. The van der Waals surface area contributed by atoms with Gasteiger partial charge in [-0.1, -0.05) is 12.1 Å². The lowest BCUT2D eigenvalue weighted by Gasteiger charge is -2.26. The van der Waals surface area contributed by atoms with Gasteiger partial charge in [-0.3, -0.25) is 9.69 Å². The second-order valence-electron chi connectivity index (χ2n) is 7.83. The number of carbonyl (C=O) groups is 2. The Labute approximate surface area is 176 Å². The SMILES string of the molecule is CN(C)CCC1CC(N(C(=O)O)c2ccc(C(=O)Nc3ccccc3N)cc2)CN1. The molecule has 2 aromatic carbocycles. The summed E-state index contributed by atoms with van der Waals surface area (Å²) in [4.78, 5) is 28.0. The average Bonchev–Trinajstić information content (AvgIpc) is 3.17. The van der Waals surface area contributed by atoms with Crippen LogP contribution in [0.4, 0.5) is 21.9 Å². The number of amides is 2. The number of hydrogen-bond donors (Lipinski definition) is 4. The summed E-state index contributed by atoms with van der Waals surface area (Å²) in [6.07, 6.45) is 0.735. The highest BCUT2D eigenvalue weighted by Crippen LogP contribution is 2.25. The van der Waals surface area contributed by atoms with Crippen molar-refractivity contribution in [2.45, 2.75) is 24.9 Å². The smallest absolute Gasteiger partial charge is 0.412 e. The van der Waals surface area contributed by atoms with E-state index in [0.29, 0.717) is 35.2 Å². The molecule has 0 spiro atoms. The number of nitrogen functional groups attached to an aromatic ring is 1. The predicted octanol–water partition coefficient (Wildman–Crippen LogP) is 2.69. The van der Waals surface area contributed by atoms with Gasteiger partial charge in [0.05, 0.1) is 17.4 Å². The van der Waals surface area contributed by atoms with E-state index in [0.717, 1.165) is 19.4 Å². The number of nitrogens with two attached hydrogens (primary N) is 1. The molecule has 30 heavy (non-hydrogen) atoms. The zero-order valence-corrected chi connectivity index (χ0v) is 17.3. The molecule has 1 aliphatic rings. The lowest BCUT2D eigenvalue weighted by Crippen LogP contribution is -2.40. The Balaban J connectivity index is 1.67. The lowest BCUT2D eigenvalue weighted by atomic mass is 10.1. The molecule has 8 nitrogen and oxygen atoms in total. The van der Waals surface area contributed by atoms with Crippen LogP contribution in [0.3, 0.4) is 0 Å². The zero-order valence-electron chi connectivity index (χ0n) is 17.3. The van der Waals surface area contributed by atoms with Crippen molar-refractivity contribution in [3.05, 3.63) is 54.1 Å². The van der Waals surface area contributed by atoms with Crippen LogP contribution in [0, 0.1) is 0 Å². The van der Waals surface area contributed by atoms with Crippen LogP contribution in [0.5, 0.6) is 0 Å². The van der Waals surface area contributed by atoms with Crippen molar-refractivity contribution in [3.8, 4) is 0 Å². The highest BCUT2D eigenvalue weighted by Gasteiger charge is 2.32. The third kappa shape index (κ3) is 5.28. The summed E-state index contributed by atoms with van der Waals surface area (Å²) in [7, 11) is 4.06. The van der Waals surface area contributed by atoms with E-state index in [1.165, 1.54) is 4.90 Å². The van der Waals surface area contributed by atoms with E-state index >= 15 is 0 Å². The fourth-order valence-electron chi connectivity index (χ4n) is 3.68. The number of para-hydroxylation sites is 2. The molecule has 0 radical (unpaired) electrons. The summed E-state index contributed by atoms with van der Waals surface area (Å²) >= 11 is 0. The maximum Gasteiger partial charge on any atom is 0.412 e. The number of nitrogens with zero attached hydrogens (tertiary/aromatic N) is 2. The molecule has 2 amide bonds. The number of benzene rings is 2. The minimum atomic E-state index is -0.996. The standard InChI is InChI=1S/C22H29N5O3/c1-26(2)12-11-16-13-18(14-24-16)27(22(29)30)17-9-7-15(8-10-17)21(28)25-20-6-4-3-5-19(20)23/h3-10,16,18,24H,11-14,23H2,1-2H3,(H,25,28)(H,29,30). The first-order valence-corrected chi connectivity index (χ1v) is 10.0. The highest BCUT2D eigenvalue weighted by molar-refractivity contribution is 6.06. The summed E-state index contributed by atoms with van der Waals surface area (Å²) in [6, 6.07) is 13.8. The first-order valence-electron chi connectivity index (χ1n) is 10.0. The van der Waals surface area contributed by atoms with Gasteiger partial charge in [0.2, 0.25) is 0 Å². The van der Waals surface area contributed by atoms with Crippen LogP contribution in [0.2, 0.25) is 0 Å². The van der Waals surface area contributed by atoms with Gasteiger partial charge in [-0.15, -0.1) is 0 Å². The van der Waals surface area contributed by atoms with E-state index in [1.54, 1.807) is 48.5 Å². The van der Waals surface area contributed by atoms with Crippen LogP contribution >= 0.6 is 0 Å². The largest absolute Gasteiger partial charge is 0.465 e. The molecular formula is C22H29N5O3. The molecule has 5 N–H and O–H groups in total. The van der Waals surface area contributed by atoms with Gasteiger partial charge in [0, 0.05) is 23.8 Å². The topological polar surface area (TPSA) is 111 Å². The van der Waals surface area contributed by atoms with E-state index in [-0.39, 0.29) is 11.9 Å². The molecular weight excluding hydrogens is 382 g/mol. The van der Waals surface area contributed by atoms with Crippen molar-refractivity contribution in [1.29, 1.82) is 0 Å². The molecule has 0 saturated carbocycles. The molecule has 2 aromatic rings. The molecule has 0 bridgehead atoms. The summed E-state index contributed by atoms with van der Waals surface area (Å²) < 4.78 is 0. The minimum Gasteiger partial charge on any atom is -0.465 e. The van der Waals surface area contributed by atoms with Crippen molar-refractivity contribution in [1.82, 2.24) is 10.2 Å². The van der Waals surface area contributed by atoms with Crippen LogP contribution in [-0.4, -0.2) is 61.3 Å². The second kappa shape index (κ2) is 9.60. The number of anilines is 3. The molecule has 1 fully saturated rings. The molecule has 2 unspecified atom stereocenters. The van der Waals surface area contributed by atoms with Crippen molar-refractivity contribution in [2.75, 3.05) is 43.1 Å². The van der Waals surface area contributed by atoms with Gasteiger partial charge in [0.1, 0.15) is 0 Å². The maximum absolute atomic E-state index is 12.5. The van der Waals surface area contributed by atoms with Crippen molar-refractivity contribution in [3.63, 3.8) is 0 Å². The van der Waals surface area contributed by atoms with Gasteiger partial charge in [0.15, 0.2) is 0 Å². The van der Waals surface area contributed by atoms with Crippen LogP contribution < -0.4 is 21.3 Å². The second-order valence-corrected chi connectivity index (χ2v) is 7.83. The Kier molecular flexibility index (Phi) is 6.91. The first-order chi connectivity index (χ1) is 14.3. The van der Waals surface area contributed by atoms with E-state index in [1.807, 2.05) is 14.1 Å². The molecule has 8 heteroatoms.